The van der Waals surface area contributed by atoms with Crippen LogP contribution in [0.5, 0.6) is 11.5 Å². The third kappa shape index (κ3) is 2.46. The van der Waals surface area contributed by atoms with Gasteiger partial charge in [0, 0.05) is 5.56 Å². The highest BCUT2D eigenvalue weighted by Gasteiger charge is 2.08. The minimum atomic E-state index is -0.0726. The topological polar surface area (TPSA) is 66.5 Å². The predicted octanol–water partition coefficient (Wildman–Crippen LogP) is 2.48. The van der Waals surface area contributed by atoms with Crippen molar-refractivity contribution < 1.29 is 10.2 Å². The molecule has 0 aliphatic carbocycles. The highest BCUT2D eigenvalue weighted by atomic mass is 35.5. The van der Waals surface area contributed by atoms with E-state index >= 15 is 0 Å². The van der Waals surface area contributed by atoms with Gasteiger partial charge in [0.15, 0.2) is 11.5 Å². The van der Waals surface area contributed by atoms with Crippen LogP contribution < -0.4 is 5.73 Å². The van der Waals surface area contributed by atoms with Crippen molar-refractivity contribution in [2.45, 2.75) is 13.3 Å². The summed E-state index contributed by atoms with van der Waals surface area (Å²) in [4.78, 5) is 0. The number of nitrogens with two attached hydrogens (primary N) is 1. The molecule has 0 bridgehead atoms. The van der Waals surface area contributed by atoms with Gasteiger partial charge in [-0.1, -0.05) is 18.2 Å². The van der Waals surface area contributed by atoms with E-state index in [2.05, 4.69) is 0 Å². The fourth-order valence-corrected chi connectivity index (χ4v) is 1.91. The summed E-state index contributed by atoms with van der Waals surface area (Å²) >= 11 is 0. The summed E-state index contributed by atoms with van der Waals surface area (Å²) in [7, 11) is 0. The van der Waals surface area contributed by atoms with Crippen molar-refractivity contribution in [1.29, 1.82) is 0 Å². The summed E-state index contributed by atoms with van der Waals surface area (Å²) in [6.45, 7) is 2.40. The quantitative estimate of drug-likeness (QED) is 0.721. The Balaban J connectivity index is 0.00000144. The number of fused-ring (bicyclic) bond motifs is 1. The van der Waals surface area contributed by atoms with E-state index in [0.717, 1.165) is 22.8 Å². The Labute approximate surface area is 106 Å². The zero-order valence-corrected chi connectivity index (χ0v) is 10.4. The van der Waals surface area contributed by atoms with Crippen molar-refractivity contribution in [2.24, 2.45) is 5.73 Å². The van der Waals surface area contributed by atoms with E-state index in [1.54, 1.807) is 13.0 Å². The molecule has 2 aromatic carbocycles. The summed E-state index contributed by atoms with van der Waals surface area (Å²) in [5.41, 5.74) is 7.35. The first kappa shape index (κ1) is 13.6. The first-order valence-corrected chi connectivity index (χ1v) is 5.27. The van der Waals surface area contributed by atoms with Crippen molar-refractivity contribution in [3.63, 3.8) is 0 Å². The molecule has 0 atom stereocenters. The third-order valence-electron chi connectivity index (χ3n) is 2.84. The summed E-state index contributed by atoms with van der Waals surface area (Å²) in [6, 6.07) is 7.51. The van der Waals surface area contributed by atoms with Crippen molar-refractivity contribution in [3.8, 4) is 11.5 Å². The predicted molar refractivity (Wildman–Crippen MR) is 72.0 cm³/mol. The molecule has 0 spiro atoms. The molecule has 92 valence electrons. The van der Waals surface area contributed by atoms with Gasteiger partial charge in [0.1, 0.15) is 0 Å². The first-order valence-electron chi connectivity index (χ1n) is 5.27. The molecular formula is C13H16ClNO2. The molecule has 0 radical (unpaired) electrons. The molecule has 0 amide bonds. The number of benzene rings is 2. The average Bonchev–Trinajstić information content (AvgIpc) is 2.28. The van der Waals surface area contributed by atoms with Crippen LogP contribution in [0.15, 0.2) is 24.3 Å². The Morgan fingerprint density at radius 2 is 1.88 bits per heavy atom. The lowest BCUT2D eigenvalue weighted by molar-refractivity contribution is 0.402. The lowest BCUT2D eigenvalue weighted by atomic mass is 10.00. The number of hydrogen-bond donors (Lipinski definition) is 3. The molecule has 0 saturated carbocycles. The summed E-state index contributed by atoms with van der Waals surface area (Å²) in [6.07, 6.45) is 0.816. The molecule has 0 saturated heterocycles. The van der Waals surface area contributed by atoms with Crippen molar-refractivity contribution in [1.82, 2.24) is 0 Å². The van der Waals surface area contributed by atoms with Gasteiger partial charge in [-0.3, -0.25) is 0 Å². The smallest absolute Gasteiger partial charge is 0.161 e. The van der Waals surface area contributed by atoms with Gasteiger partial charge in [0.2, 0.25) is 0 Å². The number of phenols is 2. The van der Waals surface area contributed by atoms with Gasteiger partial charge >= 0.3 is 0 Å². The SMILES string of the molecule is Cc1c(O)c(O)cc2ccc(CCN)cc12.Cl. The van der Waals surface area contributed by atoms with Crippen LogP contribution in [0.3, 0.4) is 0 Å². The molecule has 0 fully saturated rings. The van der Waals surface area contributed by atoms with E-state index in [1.807, 2.05) is 18.2 Å². The lowest BCUT2D eigenvalue weighted by Crippen LogP contribution is -2.02. The van der Waals surface area contributed by atoms with Gasteiger partial charge in [-0.25, -0.2) is 0 Å². The standard InChI is InChI=1S/C13H15NO2.ClH/c1-8-11-6-9(4-5-14)2-3-10(11)7-12(15)13(8)16;/h2-3,6-7,15-16H,4-5,14H2,1H3;1H. The maximum absolute atomic E-state index is 9.65. The fourth-order valence-electron chi connectivity index (χ4n) is 1.91. The molecule has 0 aliphatic heterocycles. The molecule has 0 aliphatic rings. The van der Waals surface area contributed by atoms with Gasteiger partial charge in [0.05, 0.1) is 0 Å². The van der Waals surface area contributed by atoms with Crippen LogP contribution in [0, 0.1) is 6.92 Å². The van der Waals surface area contributed by atoms with Gasteiger partial charge in [-0.2, -0.15) is 0 Å². The van der Waals surface area contributed by atoms with Gasteiger partial charge < -0.3 is 15.9 Å². The largest absolute Gasteiger partial charge is 0.504 e. The van der Waals surface area contributed by atoms with Crippen molar-refractivity contribution in [3.05, 3.63) is 35.4 Å². The number of hydrogen-bond acceptors (Lipinski definition) is 3. The summed E-state index contributed by atoms with van der Waals surface area (Å²) in [5, 5.41) is 21.0. The molecule has 4 N–H and O–H groups in total. The third-order valence-corrected chi connectivity index (χ3v) is 2.84. The van der Waals surface area contributed by atoms with E-state index in [4.69, 9.17) is 5.73 Å². The van der Waals surface area contributed by atoms with Gasteiger partial charge in [0.25, 0.3) is 0 Å². The molecule has 0 unspecified atom stereocenters. The van der Waals surface area contributed by atoms with E-state index in [9.17, 15) is 10.2 Å². The number of aromatic hydroxyl groups is 2. The summed E-state index contributed by atoms with van der Waals surface area (Å²) in [5.74, 6) is -0.117. The maximum Gasteiger partial charge on any atom is 0.161 e. The molecule has 0 aromatic heterocycles. The molecule has 17 heavy (non-hydrogen) atoms. The van der Waals surface area contributed by atoms with E-state index in [-0.39, 0.29) is 23.9 Å². The molecule has 2 aromatic rings. The number of halogens is 1. The molecule has 2 rings (SSSR count). The Hall–Kier alpha value is -1.45. The van der Waals surface area contributed by atoms with Gasteiger partial charge in [-0.05, 0) is 42.3 Å². The molecular weight excluding hydrogens is 238 g/mol. The second-order valence-electron chi connectivity index (χ2n) is 3.96. The molecule has 3 nitrogen and oxygen atoms in total. The van der Waals surface area contributed by atoms with Crippen LogP contribution in [0.1, 0.15) is 11.1 Å². The number of rotatable bonds is 2. The van der Waals surface area contributed by atoms with E-state index < -0.39 is 0 Å². The first-order chi connectivity index (χ1) is 7.63. The van der Waals surface area contributed by atoms with Crippen molar-refractivity contribution >= 4 is 23.2 Å². The molecule has 4 heteroatoms. The Kier molecular flexibility index (Phi) is 4.21. The fraction of sp³-hybridized carbons (Fsp3) is 0.231. The number of aryl methyl sites for hydroxylation is 1. The highest BCUT2D eigenvalue weighted by Crippen LogP contribution is 2.35. The minimum absolute atomic E-state index is 0. The minimum Gasteiger partial charge on any atom is -0.504 e. The average molecular weight is 254 g/mol. The second-order valence-corrected chi connectivity index (χ2v) is 3.96. The van der Waals surface area contributed by atoms with Crippen LogP contribution in [0.25, 0.3) is 10.8 Å². The molecule has 0 heterocycles. The maximum atomic E-state index is 9.65. The van der Waals surface area contributed by atoms with E-state index in [0.29, 0.717) is 12.1 Å². The highest BCUT2D eigenvalue weighted by molar-refractivity contribution is 5.90. The monoisotopic (exact) mass is 253 g/mol. The van der Waals surface area contributed by atoms with Crippen molar-refractivity contribution in [2.75, 3.05) is 6.54 Å². The van der Waals surface area contributed by atoms with E-state index in [1.165, 1.54) is 0 Å². The zero-order chi connectivity index (χ0) is 11.7. The number of phenolic OH excluding ortho intramolecular Hbond substituents is 2. The van der Waals surface area contributed by atoms with Crippen LogP contribution in [-0.2, 0) is 6.42 Å². The lowest BCUT2D eigenvalue weighted by Gasteiger charge is -2.08. The zero-order valence-electron chi connectivity index (χ0n) is 9.60. The van der Waals surface area contributed by atoms with Crippen LogP contribution in [0.2, 0.25) is 0 Å². The Morgan fingerprint density at radius 3 is 2.53 bits per heavy atom. The van der Waals surface area contributed by atoms with Crippen LogP contribution in [-0.4, -0.2) is 16.8 Å². The second kappa shape index (κ2) is 5.25. The Bertz CT molecular complexity index is 540. The van der Waals surface area contributed by atoms with Gasteiger partial charge in [-0.15, -0.1) is 12.4 Å². The normalized spacial score (nSPS) is 10.2. The van der Waals surface area contributed by atoms with Crippen LogP contribution >= 0.6 is 12.4 Å². The Morgan fingerprint density at radius 1 is 1.18 bits per heavy atom. The van der Waals surface area contributed by atoms with Crippen LogP contribution in [0.4, 0.5) is 0 Å². The summed E-state index contributed by atoms with van der Waals surface area (Å²) < 4.78 is 0.